The molecule has 1 aromatic carbocycles. The molecule has 4 atom stereocenters. The highest BCUT2D eigenvalue weighted by molar-refractivity contribution is 5.72. The van der Waals surface area contributed by atoms with Gasteiger partial charge in [-0.1, -0.05) is 12.5 Å². The molecule has 2 aliphatic rings. The molecule has 0 radical (unpaired) electrons. The Hall–Kier alpha value is -3.13. The molecule has 1 unspecified atom stereocenters. The van der Waals surface area contributed by atoms with Crippen LogP contribution in [0, 0.1) is 6.92 Å². The second-order valence-corrected chi connectivity index (χ2v) is 8.81. The number of hydrogen-bond acceptors (Lipinski definition) is 7. The van der Waals surface area contributed by atoms with Crippen molar-refractivity contribution in [3.05, 3.63) is 48.4 Å². The van der Waals surface area contributed by atoms with E-state index in [1.165, 1.54) is 0 Å². The molecule has 0 amide bonds. The summed E-state index contributed by atoms with van der Waals surface area (Å²) in [7, 11) is 1.89. The highest BCUT2D eigenvalue weighted by atomic mass is 19.1. The molecule has 0 aliphatic carbocycles. The van der Waals surface area contributed by atoms with Crippen LogP contribution in [-0.4, -0.2) is 56.6 Å². The third-order valence-corrected chi connectivity index (χ3v) is 6.66. The first kappa shape index (κ1) is 20.8. The number of phenols is 1. The smallest absolute Gasteiger partial charge is 0.147 e. The Morgan fingerprint density at radius 2 is 1.94 bits per heavy atom. The van der Waals surface area contributed by atoms with E-state index in [-0.39, 0.29) is 17.8 Å². The van der Waals surface area contributed by atoms with E-state index in [4.69, 9.17) is 0 Å². The minimum atomic E-state index is -0.931. The number of hydrogen-bond donors (Lipinski definition) is 2. The molecule has 0 saturated carbocycles. The van der Waals surface area contributed by atoms with Gasteiger partial charge < -0.3 is 15.3 Å². The van der Waals surface area contributed by atoms with E-state index < -0.39 is 6.17 Å². The standard InChI is InChI=1S/C24H27FN6O/c1-14-6-9-18(30-29-14)15-7-8-17(22(32)10-15)20-12-27-23(13-26-20)31(2)21-11-16-4-3-5-19(28-16)24(21)25/h6-10,12-13,16,19,21,24,28,32H,3-5,11H2,1-2H3/t16?,19-,21+,24-/m0/s1. The topological polar surface area (TPSA) is 87.1 Å². The second kappa shape index (κ2) is 8.43. The molecule has 4 heterocycles. The van der Waals surface area contributed by atoms with E-state index in [1.807, 2.05) is 37.1 Å². The third-order valence-electron chi connectivity index (χ3n) is 6.66. The van der Waals surface area contributed by atoms with Gasteiger partial charge in [-0.05, 0) is 50.5 Å². The molecule has 2 aromatic heterocycles. The number of fused-ring (bicyclic) bond motifs is 2. The van der Waals surface area contributed by atoms with Gasteiger partial charge in [-0.25, -0.2) is 9.37 Å². The Bertz CT molecular complexity index is 1090. The van der Waals surface area contributed by atoms with Crippen molar-refractivity contribution in [2.45, 2.75) is 56.9 Å². The molecule has 2 bridgehead atoms. The highest BCUT2D eigenvalue weighted by Gasteiger charge is 2.41. The van der Waals surface area contributed by atoms with Gasteiger partial charge in [0.05, 0.1) is 35.5 Å². The van der Waals surface area contributed by atoms with Crippen LogP contribution in [0.4, 0.5) is 10.2 Å². The van der Waals surface area contributed by atoms with E-state index in [0.717, 1.165) is 36.9 Å². The lowest BCUT2D eigenvalue weighted by molar-refractivity contribution is 0.107. The number of rotatable bonds is 4. The molecule has 3 aromatic rings. The summed E-state index contributed by atoms with van der Waals surface area (Å²) in [5, 5.41) is 22.2. The van der Waals surface area contributed by atoms with Crippen molar-refractivity contribution < 1.29 is 9.50 Å². The number of benzene rings is 1. The summed E-state index contributed by atoms with van der Waals surface area (Å²) < 4.78 is 15.1. The van der Waals surface area contributed by atoms with Crippen molar-refractivity contribution in [1.82, 2.24) is 25.5 Å². The predicted octanol–water partition coefficient (Wildman–Crippen LogP) is 3.67. The Balaban J connectivity index is 1.35. The molecule has 2 N–H and O–H groups in total. The number of nitrogens with zero attached hydrogens (tertiary/aromatic N) is 5. The lowest BCUT2D eigenvalue weighted by Gasteiger charge is -2.46. The summed E-state index contributed by atoms with van der Waals surface area (Å²) in [6.07, 6.45) is 6.19. The molecule has 2 fully saturated rings. The molecule has 2 aliphatic heterocycles. The molecular weight excluding hydrogens is 407 g/mol. The zero-order chi connectivity index (χ0) is 22.2. The zero-order valence-corrected chi connectivity index (χ0v) is 18.2. The summed E-state index contributed by atoms with van der Waals surface area (Å²) in [5.74, 6) is 0.725. The van der Waals surface area contributed by atoms with Crippen molar-refractivity contribution in [2.75, 3.05) is 11.9 Å². The van der Waals surface area contributed by atoms with Crippen molar-refractivity contribution in [3.8, 4) is 28.3 Å². The summed E-state index contributed by atoms with van der Waals surface area (Å²) in [6, 6.07) is 9.15. The van der Waals surface area contributed by atoms with Crippen LogP contribution < -0.4 is 10.2 Å². The first-order valence-corrected chi connectivity index (χ1v) is 11.1. The molecule has 8 heteroatoms. The Morgan fingerprint density at radius 3 is 2.66 bits per heavy atom. The minimum Gasteiger partial charge on any atom is -0.507 e. The van der Waals surface area contributed by atoms with Gasteiger partial charge >= 0.3 is 0 Å². The number of phenolic OH excluding ortho intramolecular Hbond substituents is 1. The fourth-order valence-electron chi connectivity index (χ4n) is 4.82. The fourth-order valence-corrected chi connectivity index (χ4v) is 4.82. The number of aromatic nitrogens is 4. The quantitative estimate of drug-likeness (QED) is 0.648. The first-order chi connectivity index (χ1) is 15.5. The fraction of sp³-hybridized carbons (Fsp3) is 0.417. The summed E-state index contributed by atoms with van der Waals surface area (Å²) >= 11 is 0. The Morgan fingerprint density at radius 1 is 1.06 bits per heavy atom. The van der Waals surface area contributed by atoms with E-state index in [9.17, 15) is 5.11 Å². The lowest BCUT2D eigenvalue weighted by Crippen LogP contribution is -2.61. The third kappa shape index (κ3) is 3.90. The van der Waals surface area contributed by atoms with Crippen LogP contribution in [0.1, 0.15) is 31.4 Å². The maximum Gasteiger partial charge on any atom is 0.147 e. The van der Waals surface area contributed by atoms with Gasteiger partial charge in [-0.3, -0.25) is 4.98 Å². The monoisotopic (exact) mass is 434 g/mol. The van der Waals surface area contributed by atoms with Gasteiger partial charge in [0.2, 0.25) is 0 Å². The number of anilines is 1. The lowest BCUT2D eigenvalue weighted by atomic mass is 9.82. The van der Waals surface area contributed by atoms with E-state index in [2.05, 4.69) is 25.5 Å². The number of alkyl halides is 1. The normalized spacial score (nSPS) is 24.8. The first-order valence-electron chi connectivity index (χ1n) is 11.1. The van der Waals surface area contributed by atoms with Crippen LogP contribution in [0.3, 0.4) is 0 Å². The van der Waals surface area contributed by atoms with Crippen LogP contribution in [-0.2, 0) is 0 Å². The van der Waals surface area contributed by atoms with E-state index in [1.54, 1.807) is 24.5 Å². The number of aromatic hydroxyl groups is 1. The van der Waals surface area contributed by atoms with Crippen molar-refractivity contribution >= 4 is 5.82 Å². The van der Waals surface area contributed by atoms with Crippen molar-refractivity contribution in [2.24, 2.45) is 0 Å². The zero-order valence-electron chi connectivity index (χ0n) is 18.2. The molecule has 32 heavy (non-hydrogen) atoms. The van der Waals surface area contributed by atoms with Crippen molar-refractivity contribution in [1.29, 1.82) is 0 Å². The number of halogens is 1. The van der Waals surface area contributed by atoms with Crippen molar-refractivity contribution in [3.63, 3.8) is 0 Å². The maximum atomic E-state index is 15.1. The number of piperidine rings is 2. The van der Waals surface area contributed by atoms with Gasteiger partial charge in [0, 0.05) is 30.3 Å². The minimum absolute atomic E-state index is 0.0733. The van der Waals surface area contributed by atoms with Crippen LogP contribution >= 0.6 is 0 Å². The van der Waals surface area contributed by atoms with Gasteiger partial charge in [0.25, 0.3) is 0 Å². The molecular formula is C24H27FN6O. The van der Waals surface area contributed by atoms with Gasteiger partial charge in [-0.15, -0.1) is 0 Å². The molecule has 5 rings (SSSR count). The van der Waals surface area contributed by atoms with Crippen LogP contribution in [0.15, 0.2) is 42.7 Å². The predicted molar refractivity (Wildman–Crippen MR) is 121 cm³/mol. The average molecular weight is 435 g/mol. The maximum absolute atomic E-state index is 15.1. The SMILES string of the molecule is Cc1ccc(-c2ccc(-c3cnc(N(C)[C@@H]4CC5CCC[C@H](N5)[C@@H]4F)cn3)c(O)c2)nn1. The van der Waals surface area contributed by atoms with Gasteiger partial charge in [0.1, 0.15) is 17.7 Å². The highest BCUT2D eigenvalue weighted by Crippen LogP contribution is 2.34. The van der Waals surface area contributed by atoms with Crippen LogP contribution in [0.25, 0.3) is 22.5 Å². The van der Waals surface area contributed by atoms with E-state index >= 15 is 4.39 Å². The van der Waals surface area contributed by atoms with Crippen LogP contribution in [0.2, 0.25) is 0 Å². The number of nitrogens with one attached hydrogen (secondary N) is 1. The summed E-state index contributed by atoms with van der Waals surface area (Å²) in [5.41, 5.74) is 3.43. The number of aryl methyl sites for hydroxylation is 1. The second-order valence-electron chi connectivity index (χ2n) is 8.81. The molecule has 0 spiro atoms. The molecule has 2 saturated heterocycles. The van der Waals surface area contributed by atoms with Gasteiger partial charge in [0.15, 0.2) is 0 Å². The summed E-state index contributed by atoms with van der Waals surface area (Å²) in [4.78, 5) is 10.9. The largest absolute Gasteiger partial charge is 0.507 e. The summed E-state index contributed by atoms with van der Waals surface area (Å²) in [6.45, 7) is 1.88. The Kier molecular flexibility index (Phi) is 5.46. The van der Waals surface area contributed by atoms with Gasteiger partial charge in [-0.2, -0.15) is 10.2 Å². The molecule has 7 nitrogen and oxygen atoms in total. The molecule has 166 valence electrons. The average Bonchev–Trinajstić information content (AvgIpc) is 2.82. The van der Waals surface area contributed by atoms with Crippen LogP contribution in [0.5, 0.6) is 5.75 Å². The van der Waals surface area contributed by atoms with E-state index in [0.29, 0.717) is 28.8 Å². The Labute approximate surface area is 186 Å².